The van der Waals surface area contributed by atoms with Crippen LogP contribution >= 0.6 is 0 Å². The summed E-state index contributed by atoms with van der Waals surface area (Å²) in [4.78, 5) is 4.70. The van der Waals surface area contributed by atoms with Crippen LogP contribution in [0.2, 0.25) is 0 Å². The van der Waals surface area contributed by atoms with Gasteiger partial charge in [-0.1, -0.05) is 0 Å². The monoisotopic (exact) mass is 397 g/mol. The van der Waals surface area contributed by atoms with Crippen molar-refractivity contribution in [2.75, 3.05) is 34.7 Å². The molecule has 2 aliphatic rings. The molecule has 0 saturated carbocycles. The van der Waals surface area contributed by atoms with Gasteiger partial charge >= 0.3 is 0 Å². The molecule has 0 aliphatic carbocycles. The average molecular weight is 397 g/mol. The summed E-state index contributed by atoms with van der Waals surface area (Å²) in [5.74, 6) is 2.79. The van der Waals surface area contributed by atoms with Crippen LogP contribution in [0.1, 0.15) is 16.9 Å². The van der Waals surface area contributed by atoms with Crippen LogP contribution in [0.3, 0.4) is 0 Å². The number of rotatable bonds is 4. The summed E-state index contributed by atoms with van der Waals surface area (Å²) in [7, 11) is 4.63. The van der Waals surface area contributed by atoms with Crippen molar-refractivity contribution in [3.63, 3.8) is 0 Å². The molecule has 2 aromatic carbocycles. The van der Waals surface area contributed by atoms with Crippen molar-refractivity contribution in [3.05, 3.63) is 35.1 Å². The van der Waals surface area contributed by atoms with Gasteiger partial charge in [-0.3, -0.25) is 4.99 Å². The Bertz CT molecular complexity index is 1160. The van der Waals surface area contributed by atoms with Gasteiger partial charge in [0, 0.05) is 11.9 Å². The van der Waals surface area contributed by atoms with E-state index in [0.29, 0.717) is 57.5 Å². The topological polar surface area (TPSA) is 91.9 Å². The second-order valence-corrected chi connectivity index (χ2v) is 6.62. The highest BCUT2D eigenvalue weighted by Gasteiger charge is 2.33. The molecule has 150 valence electrons. The third kappa shape index (κ3) is 2.41. The molecule has 5 rings (SSSR count). The molecule has 1 N–H and O–H groups in total. The smallest absolute Gasteiger partial charge is 0.294 e. The van der Waals surface area contributed by atoms with E-state index in [-0.39, 0.29) is 12.7 Å². The number of hydrogen-bond acceptors (Lipinski definition) is 8. The Balaban J connectivity index is 1.77. The summed E-state index contributed by atoms with van der Waals surface area (Å²) >= 11 is 0. The van der Waals surface area contributed by atoms with E-state index < -0.39 is 0 Å². The van der Waals surface area contributed by atoms with Crippen molar-refractivity contribution in [2.24, 2.45) is 4.99 Å². The van der Waals surface area contributed by atoms with Gasteiger partial charge in [-0.15, -0.1) is 0 Å². The highest BCUT2D eigenvalue weighted by Crippen LogP contribution is 2.49. The molecule has 0 radical (unpaired) electrons. The first-order valence-electron chi connectivity index (χ1n) is 9.09. The second kappa shape index (κ2) is 6.51. The lowest BCUT2D eigenvalue weighted by molar-refractivity contribution is 0.171. The molecule has 3 heterocycles. The van der Waals surface area contributed by atoms with Gasteiger partial charge in [0.1, 0.15) is 11.1 Å². The van der Waals surface area contributed by atoms with Crippen LogP contribution in [0.4, 0.5) is 0 Å². The molecule has 0 saturated heterocycles. The highest BCUT2D eigenvalue weighted by atomic mass is 16.7. The summed E-state index contributed by atoms with van der Waals surface area (Å²) in [5.41, 5.74) is 2.37. The van der Waals surface area contributed by atoms with Crippen LogP contribution in [0, 0.1) is 0 Å². The van der Waals surface area contributed by atoms with Crippen molar-refractivity contribution >= 4 is 16.5 Å². The van der Waals surface area contributed by atoms with Crippen LogP contribution in [0.25, 0.3) is 10.8 Å². The number of aromatic hydroxyl groups is 1. The largest absolute Gasteiger partial charge is 0.493 e. The third-order valence-electron chi connectivity index (χ3n) is 5.21. The number of nitrogens with zero attached hydrogens (tertiary/aromatic N) is 1. The Morgan fingerprint density at radius 1 is 1.03 bits per heavy atom. The predicted molar refractivity (Wildman–Crippen MR) is 104 cm³/mol. The van der Waals surface area contributed by atoms with Crippen molar-refractivity contribution in [1.29, 1.82) is 0 Å². The minimum absolute atomic E-state index is 0.141. The maximum atomic E-state index is 10.6. The fourth-order valence-electron chi connectivity index (χ4n) is 3.97. The maximum Gasteiger partial charge on any atom is 0.294 e. The Morgan fingerprint density at radius 2 is 1.86 bits per heavy atom. The molecule has 8 heteroatoms. The van der Waals surface area contributed by atoms with Gasteiger partial charge < -0.3 is 33.2 Å². The van der Waals surface area contributed by atoms with E-state index in [4.69, 9.17) is 33.1 Å². The van der Waals surface area contributed by atoms with Gasteiger partial charge in [0.2, 0.25) is 12.5 Å². The van der Waals surface area contributed by atoms with Crippen LogP contribution in [-0.4, -0.2) is 45.5 Å². The Hall–Kier alpha value is -3.55. The van der Waals surface area contributed by atoms with Gasteiger partial charge in [0.15, 0.2) is 28.8 Å². The summed E-state index contributed by atoms with van der Waals surface area (Å²) in [6.07, 6.45) is 0.730. The fraction of sp³-hybridized carbons (Fsp3) is 0.286. The molecular formula is C21H19NO7. The SMILES string of the molecule is COc1ccc2c(C3=NCCc4cc5c(c(OC)c43)OCO5)oc(O)c2c1OC. The summed E-state index contributed by atoms with van der Waals surface area (Å²) in [6, 6.07) is 5.52. The van der Waals surface area contributed by atoms with Gasteiger partial charge in [-0.2, -0.15) is 0 Å². The van der Waals surface area contributed by atoms with Crippen LogP contribution < -0.4 is 23.7 Å². The second-order valence-electron chi connectivity index (χ2n) is 6.62. The van der Waals surface area contributed by atoms with Crippen LogP contribution in [-0.2, 0) is 6.42 Å². The first-order chi connectivity index (χ1) is 14.2. The molecule has 1 aromatic heterocycles. The van der Waals surface area contributed by atoms with Gasteiger partial charge in [-0.25, -0.2) is 0 Å². The average Bonchev–Trinajstić information content (AvgIpc) is 3.35. The van der Waals surface area contributed by atoms with Gasteiger partial charge in [0.25, 0.3) is 5.95 Å². The first-order valence-corrected chi connectivity index (χ1v) is 9.09. The number of furan rings is 1. The number of ether oxygens (including phenoxy) is 5. The lowest BCUT2D eigenvalue weighted by Crippen LogP contribution is -2.15. The fourth-order valence-corrected chi connectivity index (χ4v) is 3.97. The first kappa shape index (κ1) is 17.5. The number of hydrogen-bond donors (Lipinski definition) is 1. The van der Waals surface area contributed by atoms with E-state index in [1.807, 2.05) is 12.1 Å². The van der Waals surface area contributed by atoms with Crippen molar-refractivity contribution in [2.45, 2.75) is 6.42 Å². The normalized spacial score (nSPS) is 14.5. The van der Waals surface area contributed by atoms with E-state index in [0.717, 1.165) is 17.5 Å². The number of methoxy groups -OCH3 is 3. The van der Waals surface area contributed by atoms with Crippen LogP contribution in [0.15, 0.2) is 27.6 Å². The Morgan fingerprint density at radius 3 is 2.62 bits per heavy atom. The standard InChI is InChI=1S/C21H19NO7/c1-24-12-5-4-11-15(18(12)25-2)21(23)29-17(11)16-14-10(6-7-22-16)8-13-19(20(14)26-3)28-9-27-13/h4-5,8,23H,6-7,9H2,1-3H3. The number of fused-ring (bicyclic) bond motifs is 3. The lowest BCUT2D eigenvalue weighted by atomic mass is 9.93. The van der Waals surface area contributed by atoms with E-state index in [9.17, 15) is 5.11 Å². The molecule has 3 aromatic rings. The lowest BCUT2D eigenvalue weighted by Gasteiger charge is -2.20. The van der Waals surface area contributed by atoms with E-state index >= 15 is 0 Å². The van der Waals surface area contributed by atoms with E-state index in [2.05, 4.69) is 0 Å². The third-order valence-corrected chi connectivity index (χ3v) is 5.21. The molecule has 0 bridgehead atoms. The minimum Gasteiger partial charge on any atom is -0.493 e. The minimum atomic E-state index is -0.264. The molecule has 8 nitrogen and oxygen atoms in total. The molecule has 0 spiro atoms. The summed E-state index contributed by atoms with van der Waals surface area (Å²) < 4.78 is 33.4. The van der Waals surface area contributed by atoms with Crippen molar-refractivity contribution < 1.29 is 33.2 Å². The number of benzene rings is 2. The molecular weight excluding hydrogens is 378 g/mol. The predicted octanol–water partition coefficient (Wildman–Crippen LogP) is 3.29. The highest BCUT2D eigenvalue weighted by molar-refractivity contribution is 6.21. The Labute approximate surface area is 166 Å². The molecule has 29 heavy (non-hydrogen) atoms. The zero-order valence-electron chi connectivity index (χ0n) is 16.2. The van der Waals surface area contributed by atoms with Gasteiger partial charge in [-0.05, 0) is 30.2 Å². The van der Waals surface area contributed by atoms with Crippen molar-refractivity contribution in [3.8, 4) is 34.7 Å². The zero-order chi connectivity index (χ0) is 20.1. The summed E-state index contributed by atoms with van der Waals surface area (Å²) in [5, 5.41) is 11.6. The maximum absolute atomic E-state index is 10.6. The molecule has 0 amide bonds. The molecule has 0 atom stereocenters. The van der Waals surface area contributed by atoms with Crippen molar-refractivity contribution in [1.82, 2.24) is 0 Å². The zero-order valence-corrected chi connectivity index (χ0v) is 16.2. The van der Waals surface area contributed by atoms with Gasteiger partial charge in [0.05, 0.1) is 26.9 Å². The number of aliphatic imine (C=N–C) groups is 1. The molecule has 2 aliphatic heterocycles. The van der Waals surface area contributed by atoms with E-state index in [1.54, 1.807) is 13.2 Å². The summed E-state index contributed by atoms with van der Waals surface area (Å²) in [6.45, 7) is 0.712. The quantitative estimate of drug-likeness (QED) is 0.722. The van der Waals surface area contributed by atoms with E-state index in [1.165, 1.54) is 14.2 Å². The molecule has 0 fully saturated rings. The molecule has 0 unspecified atom stereocenters. The Kier molecular flexibility index (Phi) is 3.94. The van der Waals surface area contributed by atoms with Crippen LogP contribution in [0.5, 0.6) is 34.7 Å².